The maximum absolute atomic E-state index is 13.3. The molecular weight excluding hydrogens is 165 g/mol. The van der Waals surface area contributed by atoms with Gasteiger partial charge in [-0.05, 0) is 18.6 Å². The van der Waals surface area contributed by atoms with Crippen LogP contribution in [0.15, 0.2) is 18.2 Å². The third-order valence-electron chi connectivity index (χ3n) is 2.04. The Morgan fingerprint density at radius 3 is 2.62 bits per heavy atom. The molecule has 72 valence electrons. The average molecular weight is 181 g/mol. The third kappa shape index (κ3) is 2.81. The standard InChI is InChI=1S/C11H16FN/c1-8(2)13-7-10-9(3)5-4-6-11(10)12/h4-6,8,13H,7H2,1-3H3. The van der Waals surface area contributed by atoms with Gasteiger partial charge in [0.2, 0.25) is 0 Å². The molecule has 1 rings (SSSR count). The van der Waals surface area contributed by atoms with E-state index in [0.717, 1.165) is 11.1 Å². The first-order chi connectivity index (χ1) is 6.11. The fourth-order valence-electron chi connectivity index (χ4n) is 1.20. The van der Waals surface area contributed by atoms with Crippen molar-refractivity contribution in [2.24, 2.45) is 0 Å². The van der Waals surface area contributed by atoms with Crippen molar-refractivity contribution in [3.8, 4) is 0 Å². The molecule has 0 amide bonds. The molecule has 13 heavy (non-hydrogen) atoms. The quantitative estimate of drug-likeness (QED) is 0.755. The van der Waals surface area contributed by atoms with Crippen LogP contribution in [0.1, 0.15) is 25.0 Å². The summed E-state index contributed by atoms with van der Waals surface area (Å²) in [7, 11) is 0. The van der Waals surface area contributed by atoms with Crippen molar-refractivity contribution in [3.05, 3.63) is 35.1 Å². The zero-order chi connectivity index (χ0) is 9.84. The number of nitrogens with one attached hydrogen (secondary N) is 1. The van der Waals surface area contributed by atoms with Crippen molar-refractivity contribution in [1.29, 1.82) is 0 Å². The van der Waals surface area contributed by atoms with Crippen molar-refractivity contribution in [3.63, 3.8) is 0 Å². The van der Waals surface area contributed by atoms with Gasteiger partial charge in [0.1, 0.15) is 5.82 Å². The Morgan fingerprint density at radius 2 is 2.08 bits per heavy atom. The minimum atomic E-state index is -0.117. The van der Waals surface area contributed by atoms with Gasteiger partial charge in [-0.1, -0.05) is 26.0 Å². The maximum Gasteiger partial charge on any atom is 0.127 e. The highest BCUT2D eigenvalue weighted by molar-refractivity contribution is 5.27. The molecule has 0 saturated carbocycles. The first-order valence-corrected chi connectivity index (χ1v) is 4.58. The Morgan fingerprint density at radius 1 is 1.38 bits per heavy atom. The second-order valence-corrected chi connectivity index (χ2v) is 3.57. The lowest BCUT2D eigenvalue weighted by Crippen LogP contribution is -2.22. The van der Waals surface area contributed by atoms with Crippen LogP contribution in [0.5, 0.6) is 0 Å². The molecule has 0 heterocycles. The fourth-order valence-corrected chi connectivity index (χ4v) is 1.20. The number of aryl methyl sites for hydroxylation is 1. The average Bonchev–Trinajstić information content (AvgIpc) is 2.03. The van der Waals surface area contributed by atoms with Crippen LogP contribution in [0.25, 0.3) is 0 Å². The Kier molecular flexibility index (Phi) is 3.43. The lowest BCUT2D eigenvalue weighted by atomic mass is 10.1. The highest BCUT2D eigenvalue weighted by Gasteiger charge is 2.04. The molecule has 0 aliphatic rings. The van der Waals surface area contributed by atoms with Gasteiger partial charge in [-0.2, -0.15) is 0 Å². The monoisotopic (exact) mass is 181 g/mol. The molecule has 0 aliphatic carbocycles. The first-order valence-electron chi connectivity index (χ1n) is 4.58. The van der Waals surface area contributed by atoms with Crippen molar-refractivity contribution < 1.29 is 4.39 Å². The zero-order valence-corrected chi connectivity index (χ0v) is 8.39. The molecule has 0 radical (unpaired) electrons. The van der Waals surface area contributed by atoms with Crippen LogP contribution in [0, 0.1) is 12.7 Å². The van der Waals surface area contributed by atoms with Crippen molar-refractivity contribution in [2.45, 2.75) is 33.4 Å². The van der Waals surface area contributed by atoms with Crippen LogP contribution < -0.4 is 5.32 Å². The van der Waals surface area contributed by atoms with Gasteiger partial charge in [-0.15, -0.1) is 0 Å². The van der Waals surface area contributed by atoms with Crippen molar-refractivity contribution >= 4 is 0 Å². The van der Waals surface area contributed by atoms with Gasteiger partial charge in [0.25, 0.3) is 0 Å². The van der Waals surface area contributed by atoms with Crippen molar-refractivity contribution in [2.75, 3.05) is 0 Å². The van der Waals surface area contributed by atoms with E-state index in [9.17, 15) is 4.39 Å². The minimum absolute atomic E-state index is 0.117. The van der Waals surface area contributed by atoms with E-state index < -0.39 is 0 Å². The molecule has 1 aromatic carbocycles. The molecule has 0 aliphatic heterocycles. The minimum Gasteiger partial charge on any atom is -0.310 e. The molecule has 0 atom stereocenters. The van der Waals surface area contributed by atoms with Gasteiger partial charge in [-0.25, -0.2) is 4.39 Å². The summed E-state index contributed by atoms with van der Waals surface area (Å²) < 4.78 is 13.3. The molecule has 0 saturated heterocycles. The van der Waals surface area contributed by atoms with E-state index in [4.69, 9.17) is 0 Å². The van der Waals surface area contributed by atoms with E-state index in [2.05, 4.69) is 19.2 Å². The van der Waals surface area contributed by atoms with E-state index in [-0.39, 0.29) is 5.82 Å². The largest absolute Gasteiger partial charge is 0.310 e. The van der Waals surface area contributed by atoms with Crippen LogP contribution in [0.4, 0.5) is 4.39 Å². The van der Waals surface area contributed by atoms with E-state index in [0.29, 0.717) is 12.6 Å². The SMILES string of the molecule is Cc1cccc(F)c1CNC(C)C. The Balaban J connectivity index is 2.75. The van der Waals surface area contributed by atoms with E-state index >= 15 is 0 Å². The normalized spacial score (nSPS) is 10.8. The van der Waals surface area contributed by atoms with Gasteiger partial charge < -0.3 is 5.32 Å². The van der Waals surface area contributed by atoms with Crippen molar-refractivity contribution in [1.82, 2.24) is 5.32 Å². The molecule has 0 aromatic heterocycles. The zero-order valence-electron chi connectivity index (χ0n) is 8.39. The molecule has 1 nitrogen and oxygen atoms in total. The van der Waals surface area contributed by atoms with Gasteiger partial charge in [0, 0.05) is 18.2 Å². The van der Waals surface area contributed by atoms with Crippen LogP contribution in [-0.2, 0) is 6.54 Å². The topological polar surface area (TPSA) is 12.0 Å². The summed E-state index contributed by atoms with van der Waals surface area (Å²) in [6, 6.07) is 5.56. The highest BCUT2D eigenvalue weighted by Crippen LogP contribution is 2.12. The van der Waals surface area contributed by atoms with E-state index in [1.807, 2.05) is 13.0 Å². The molecule has 0 unspecified atom stereocenters. The van der Waals surface area contributed by atoms with Gasteiger partial charge in [-0.3, -0.25) is 0 Å². The third-order valence-corrected chi connectivity index (χ3v) is 2.04. The van der Waals surface area contributed by atoms with Gasteiger partial charge >= 0.3 is 0 Å². The smallest absolute Gasteiger partial charge is 0.127 e. The molecule has 0 fully saturated rings. The summed E-state index contributed by atoms with van der Waals surface area (Å²) in [5, 5.41) is 3.20. The van der Waals surface area contributed by atoms with E-state index in [1.54, 1.807) is 6.07 Å². The second-order valence-electron chi connectivity index (χ2n) is 3.57. The summed E-state index contributed by atoms with van der Waals surface area (Å²) in [5.74, 6) is -0.117. The Labute approximate surface area is 79.0 Å². The molecule has 1 aromatic rings. The van der Waals surface area contributed by atoms with Crippen LogP contribution in [0.2, 0.25) is 0 Å². The lowest BCUT2D eigenvalue weighted by Gasteiger charge is -2.10. The molecular formula is C11H16FN. The number of rotatable bonds is 3. The van der Waals surface area contributed by atoms with Crippen LogP contribution in [-0.4, -0.2) is 6.04 Å². The van der Waals surface area contributed by atoms with Gasteiger partial charge in [0.05, 0.1) is 0 Å². The Bertz CT molecular complexity index is 261. The van der Waals surface area contributed by atoms with Gasteiger partial charge in [0.15, 0.2) is 0 Å². The number of halogens is 1. The van der Waals surface area contributed by atoms with E-state index in [1.165, 1.54) is 6.07 Å². The summed E-state index contributed by atoms with van der Waals surface area (Å²) in [6.45, 7) is 6.64. The number of hydrogen-bond acceptors (Lipinski definition) is 1. The predicted octanol–water partition coefficient (Wildman–Crippen LogP) is 2.63. The number of benzene rings is 1. The summed E-state index contributed by atoms with van der Waals surface area (Å²) in [4.78, 5) is 0. The Hall–Kier alpha value is -0.890. The molecule has 0 spiro atoms. The summed E-state index contributed by atoms with van der Waals surface area (Å²) in [5.41, 5.74) is 1.78. The second kappa shape index (κ2) is 4.38. The summed E-state index contributed by atoms with van der Waals surface area (Å²) in [6.07, 6.45) is 0. The molecule has 1 N–H and O–H groups in total. The lowest BCUT2D eigenvalue weighted by molar-refractivity contribution is 0.551. The maximum atomic E-state index is 13.3. The van der Waals surface area contributed by atoms with Crippen LogP contribution >= 0.6 is 0 Å². The molecule has 2 heteroatoms. The first kappa shape index (κ1) is 10.2. The number of hydrogen-bond donors (Lipinski definition) is 1. The predicted molar refractivity (Wildman–Crippen MR) is 53.1 cm³/mol. The van der Waals surface area contributed by atoms with Crippen LogP contribution in [0.3, 0.4) is 0 Å². The molecule has 0 bridgehead atoms. The summed E-state index contributed by atoms with van der Waals surface area (Å²) >= 11 is 0. The highest BCUT2D eigenvalue weighted by atomic mass is 19.1. The fraction of sp³-hybridized carbons (Fsp3) is 0.455.